The Morgan fingerprint density at radius 1 is 1.06 bits per heavy atom. The highest BCUT2D eigenvalue weighted by Crippen LogP contribution is 2.33. The van der Waals surface area contributed by atoms with Crippen molar-refractivity contribution in [3.8, 4) is 22.4 Å². The third kappa shape index (κ3) is 3.89. The molecule has 1 aromatic carbocycles. The zero-order valence-corrected chi connectivity index (χ0v) is 17.4. The van der Waals surface area contributed by atoms with Crippen molar-refractivity contribution in [2.45, 2.75) is 18.0 Å². The number of fused-ring (bicyclic) bond motifs is 1. The highest BCUT2D eigenvalue weighted by atomic mass is 32.2. The lowest BCUT2D eigenvalue weighted by Crippen LogP contribution is -2.12. The summed E-state index contributed by atoms with van der Waals surface area (Å²) in [5.41, 5.74) is -1.10. The van der Waals surface area contributed by atoms with E-state index in [9.17, 15) is 26.4 Å². The maximum atomic E-state index is 13.0. The molecule has 0 saturated heterocycles. The van der Waals surface area contributed by atoms with Gasteiger partial charge in [-0.25, -0.2) is 8.42 Å². The van der Waals surface area contributed by atoms with Crippen LogP contribution in [-0.2, 0) is 16.0 Å². The molecule has 4 aromatic rings. The Morgan fingerprint density at radius 2 is 1.84 bits per heavy atom. The van der Waals surface area contributed by atoms with Gasteiger partial charge in [0.15, 0.2) is 9.84 Å². The third-order valence-corrected chi connectivity index (χ3v) is 6.66. The highest BCUT2D eigenvalue weighted by Gasteiger charge is 2.31. The summed E-state index contributed by atoms with van der Waals surface area (Å²) in [6.07, 6.45) is 0.849. The maximum Gasteiger partial charge on any atom is 0.416 e. The molecule has 0 aliphatic heterocycles. The average Bonchev–Trinajstić information content (AvgIpc) is 2.79. The van der Waals surface area contributed by atoms with Gasteiger partial charge in [0.2, 0.25) is 5.43 Å². The van der Waals surface area contributed by atoms with Crippen molar-refractivity contribution in [3.63, 3.8) is 0 Å². The summed E-state index contributed by atoms with van der Waals surface area (Å²) in [5, 5.41) is -0.117. The van der Waals surface area contributed by atoms with Gasteiger partial charge in [0, 0.05) is 29.7 Å². The van der Waals surface area contributed by atoms with Crippen molar-refractivity contribution < 1.29 is 26.0 Å². The van der Waals surface area contributed by atoms with Gasteiger partial charge in [0.05, 0.1) is 32.9 Å². The summed E-state index contributed by atoms with van der Waals surface area (Å²) in [7, 11) is -3.82. The number of benzene rings is 1. The first kappa shape index (κ1) is 21.7. The second kappa shape index (κ2) is 7.86. The monoisotopic (exact) mass is 460 g/mol. The molecule has 164 valence electrons. The van der Waals surface area contributed by atoms with Crippen LogP contribution in [0.25, 0.3) is 33.4 Å². The molecule has 0 aliphatic rings. The standard InChI is InChI=1S/C22H15F3N2O4S/c1-2-32(29,30)19-8-14(13-4-3-7-26-10-13)11-27-20(19)17-12-31-18-9-15(22(23,24)25)5-6-16(18)21(17)28/h3-12H,2H2,1H3. The normalized spacial score (nSPS) is 12.2. The molecule has 0 fully saturated rings. The Balaban J connectivity index is 1.94. The van der Waals surface area contributed by atoms with Crippen LogP contribution in [-0.4, -0.2) is 24.1 Å². The van der Waals surface area contributed by atoms with Crippen LogP contribution in [0.5, 0.6) is 0 Å². The minimum absolute atomic E-state index is 0.117. The number of hydrogen-bond acceptors (Lipinski definition) is 6. The van der Waals surface area contributed by atoms with Crippen LogP contribution in [0.4, 0.5) is 13.2 Å². The molecular weight excluding hydrogens is 445 g/mol. The summed E-state index contributed by atoms with van der Waals surface area (Å²) in [6.45, 7) is 1.46. The van der Waals surface area contributed by atoms with Gasteiger partial charge in [0.25, 0.3) is 0 Å². The van der Waals surface area contributed by atoms with Gasteiger partial charge in [-0.2, -0.15) is 13.2 Å². The van der Waals surface area contributed by atoms with E-state index >= 15 is 0 Å². The van der Waals surface area contributed by atoms with Gasteiger partial charge >= 0.3 is 6.18 Å². The first-order valence-electron chi connectivity index (χ1n) is 9.38. The number of nitrogens with zero attached hydrogens (tertiary/aromatic N) is 2. The van der Waals surface area contributed by atoms with E-state index in [0.717, 1.165) is 24.5 Å². The fourth-order valence-corrected chi connectivity index (χ4v) is 4.27. The molecular formula is C22H15F3N2O4S. The number of aromatic nitrogens is 2. The second-order valence-electron chi connectivity index (χ2n) is 6.90. The number of sulfone groups is 1. The fourth-order valence-electron chi connectivity index (χ4n) is 3.20. The topological polar surface area (TPSA) is 90.1 Å². The largest absolute Gasteiger partial charge is 0.463 e. The molecule has 0 N–H and O–H groups in total. The number of hydrogen-bond donors (Lipinski definition) is 0. The molecule has 0 aliphatic carbocycles. The lowest BCUT2D eigenvalue weighted by atomic mass is 10.1. The molecule has 0 radical (unpaired) electrons. The van der Waals surface area contributed by atoms with Crippen molar-refractivity contribution in [2.75, 3.05) is 5.75 Å². The van der Waals surface area contributed by atoms with Crippen LogP contribution in [0.1, 0.15) is 12.5 Å². The zero-order valence-electron chi connectivity index (χ0n) is 16.6. The van der Waals surface area contributed by atoms with Crippen molar-refractivity contribution >= 4 is 20.8 Å². The summed E-state index contributed by atoms with van der Waals surface area (Å²) >= 11 is 0. The lowest BCUT2D eigenvalue weighted by Gasteiger charge is -2.12. The Morgan fingerprint density at radius 3 is 2.50 bits per heavy atom. The molecule has 10 heteroatoms. The van der Waals surface area contributed by atoms with Crippen molar-refractivity contribution in [2.24, 2.45) is 0 Å². The molecule has 3 heterocycles. The molecule has 4 rings (SSSR count). The van der Waals surface area contributed by atoms with Gasteiger partial charge in [-0.05, 0) is 30.3 Å². The fraction of sp³-hybridized carbons (Fsp3) is 0.136. The summed E-state index contributed by atoms with van der Waals surface area (Å²) in [5.74, 6) is -0.244. The zero-order chi connectivity index (χ0) is 23.1. The van der Waals surface area contributed by atoms with E-state index in [1.54, 1.807) is 24.5 Å². The first-order valence-corrected chi connectivity index (χ1v) is 11.0. The molecule has 0 amide bonds. The molecule has 3 aromatic heterocycles. The van der Waals surface area contributed by atoms with E-state index in [1.165, 1.54) is 19.2 Å². The molecule has 0 saturated carbocycles. The molecule has 0 bridgehead atoms. The van der Waals surface area contributed by atoms with Gasteiger partial charge in [-0.3, -0.25) is 14.8 Å². The van der Waals surface area contributed by atoms with E-state index in [-0.39, 0.29) is 32.9 Å². The predicted octanol–water partition coefficient (Wildman–Crippen LogP) is 4.73. The second-order valence-corrected chi connectivity index (χ2v) is 9.15. The molecule has 0 unspecified atom stereocenters. The van der Waals surface area contributed by atoms with Crippen LogP contribution < -0.4 is 5.43 Å². The maximum absolute atomic E-state index is 13.0. The van der Waals surface area contributed by atoms with Crippen LogP contribution in [0.3, 0.4) is 0 Å². The Labute approximate surface area is 180 Å². The Bertz CT molecular complexity index is 1480. The van der Waals surface area contributed by atoms with Crippen LogP contribution in [0.15, 0.2) is 75.4 Å². The van der Waals surface area contributed by atoms with Crippen molar-refractivity contribution in [3.05, 3.63) is 77.0 Å². The van der Waals surface area contributed by atoms with E-state index in [1.807, 2.05) is 0 Å². The van der Waals surface area contributed by atoms with E-state index < -0.39 is 27.0 Å². The Kier molecular flexibility index (Phi) is 5.33. The molecule has 32 heavy (non-hydrogen) atoms. The molecule has 0 atom stereocenters. The van der Waals surface area contributed by atoms with Gasteiger partial charge in [-0.1, -0.05) is 13.0 Å². The lowest BCUT2D eigenvalue weighted by molar-refractivity contribution is -0.137. The van der Waals surface area contributed by atoms with E-state index in [2.05, 4.69) is 9.97 Å². The number of rotatable bonds is 4. The number of alkyl halides is 3. The SMILES string of the molecule is CCS(=O)(=O)c1cc(-c2cccnc2)cnc1-c1coc2cc(C(F)(F)F)ccc2c1=O. The van der Waals surface area contributed by atoms with Gasteiger partial charge < -0.3 is 4.42 Å². The van der Waals surface area contributed by atoms with Crippen LogP contribution in [0.2, 0.25) is 0 Å². The minimum atomic E-state index is -4.60. The predicted molar refractivity (Wildman–Crippen MR) is 112 cm³/mol. The molecule has 6 nitrogen and oxygen atoms in total. The summed E-state index contributed by atoms with van der Waals surface area (Å²) in [6, 6.07) is 7.31. The average molecular weight is 460 g/mol. The number of pyridine rings is 2. The van der Waals surface area contributed by atoms with Crippen molar-refractivity contribution in [1.82, 2.24) is 9.97 Å². The quantitative estimate of drug-likeness (QED) is 0.437. The first-order chi connectivity index (χ1) is 15.1. The van der Waals surface area contributed by atoms with Gasteiger partial charge in [-0.15, -0.1) is 0 Å². The Hall–Kier alpha value is -3.53. The number of halogens is 3. The van der Waals surface area contributed by atoms with E-state index in [4.69, 9.17) is 4.42 Å². The smallest absolute Gasteiger partial charge is 0.416 e. The van der Waals surface area contributed by atoms with E-state index in [0.29, 0.717) is 11.1 Å². The van der Waals surface area contributed by atoms with Crippen molar-refractivity contribution in [1.29, 1.82) is 0 Å². The summed E-state index contributed by atoms with van der Waals surface area (Å²) < 4.78 is 69.8. The van der Waals surface area contributed by atoms with Crippen LogP contribution in [0, 0.1) is 0 Å². The summed E-state index contributed by atoms with van der Waals surface area (Å²) in [4.78, 5) is 21.1. The third-order valence-electron chi connectivity index (χ3n) is 4.92. The van der Waals surface area contributed by atoms with Gasteiger partial charge in [0.1, 0.15) is 11.8 Å². The molecule has 0 spiro atoms. The van der Waals surface area contributed by atoms with Crippen LogP contribution >= 0.6 is 0 Å². The highest BCUT2D eigenvalue weighted by molar-refractivity contribution is 7.91. The minimum Gasteiger partial charge on any atom is -0.463 e.